The molecule has 0 saturated heterocycles. The van der Waals surface area contributed by atoms with Crippen LogP contribution >= 0.6 is 0 Å². The lowest BCUT2D eigenvalue weighted by Gasteiger charge is -2.06. The Morgan fingerprint density at radius 3 is 2.08 bits per heavy atom. The Morgan fingerprint density at radius 2 is 1.62 bits per heavy atom. The van der Waals surface area contributed by atoms with E-state index in [9.17, 15) is 0 Å². The number of benzene rings is 1. The van der Waals surface area contributed by atoms with Crippen LogP contribution in [0, 0.1) is 6.92 Å². The fourth-order valence-electron chi connectivity index (χ4n) is 1.32. The van der Waals surface area contributed by atoms with E-state index in [0.29, 0.717) is 0 Å². The van der Waals surface area contributed by atoms with E-state index in [2.05, 4.69) is 52.0 Å². The average Bonchev–Trinajstić information content (AvgIpc) is 2.17. The summed E-state index contributed by atoms with van der Waals surface area (Å²) in [7, 11) is 0. The van der Waals surface area contributed by atoms with Crippen LogP contribution in [0.1, 0.15) is 38.3 Å². The molecule has 0 unspecified atom stereocenters. The van der Waals surface area contributed by atoms with Gasteiger partial charge in [-0.25, -0.2) is 0 Å². The first-order chi connectivity index (χ1) is 6.15. The lowest BCUT2D eigenvalue weighted by atomic mass is 10.0. The van der Waals surface area contributed by atoms with E-state index in [-0.39, 0.29) is 0 Å². The van der Waals surface area contributed by atoms with E-state index < -0.39 is 0 Å². The summed E-state index contributed by atoms with van der Waals surface area (Å²) >= 11 is 0. The predicted molar refractivity (Wildman–Crippen MR) is 59.7 cm³/mol. The summed E-state index contributed by atoms with van der Waals surface area (Å²) < 4.78 is 0. The minimum absolute atomic E-state index is 1.14. The van der Waals surface area contributed by atoms with Gasteiger partial charge in [-0.3, -0.25) is 0 Å². The maximum Gasteiger partial charge on any atom is -0.0228 e. The molecule has 0 heteroatoms. The van der Waals surface area contributed by atoms with Crippen molar-refractivity contribution in [2.75, 3.05) is 0 Å². The molecule has 0 spiro atoms. The van der Waals surface area contributed by atoms with Crippen LogP contribution in [-0.2, 0) is 0 Å². The summed E-state index contributed by atoms with van der Waals surface area (Å²) in [5, 5.41) is 0. The van der Waals surface area contributed by atoms with Crippen molar-refractivity contribution in [3.05, 3.63) is 41.0 Å². The second kappa shape index (κ2) is 4.27. The zero-order valence-corrected chi connectivity index (χ0v) is 9.02. The molecule has 1 aromatic rings. The van der Waals surface area contributed by atoms with Crippen molar-refractivity contribution in [3.63, 3.8) is 0 Å². The Balaban J connectivity index is 3.02. The molecule has 0 N–H and O–H groups in total. The molecule has 1 rings (SSSR count). The Hall–Kier alpha value is -1.04. The van der Waals surface area contributed by atoms with E-state index in [4.69, 9.17) is 0 Å². The fourth-order valence-corrected chi connectivity index (χ4v) is 1.32. The van der Waals surface area contributed by atoms with Gasteiger partial charge in [-0.2, -0.15) is 0 Å². The standard InChI is InChI=1S/C13H18/c1-5-11(3)12(4)13-8-6-10(2)7-9-13/h6-9H,5H2,1-4H3/b12-11-. The molecule has 0 aliphatic carbocycles. The topological polar surface area (TPSA) is 0 Å². The highest BCUT2D eigenvalue weighted by atomic mass is 14.0. The number of hydrogen-bond acceptors (Lipinski definition) is 0. The first kappa shape index (κ1) is 10.0. The van der Waals surface area contributed by atoms with Gasteiger partial charge in [0.1, 0.15) is 0 Å². The van der Waals surface area contributed by atoms with Crippen LogP contribution in [0.4, 0.5) is 0 Å². The summed E-state index contributed by atoms with van der Waals surface area (Å²) in [6, 6.07) is 8.73. The van der Waals surface area contributed by atoms with Gasteiger partial charge in [-0.15, -0.1) is 0 Å². The van der Waals surface area contributed by atoms with Crippen LogP contribution in [0.3, 0.4) is 0 Å². The number of rotatable bonds is 2. The van der Waals surface area contributed by atoms with Gasteiger partial charge in [0, 0.05) is 0 Å². The van der Waals surface area contributed by atoms with Crippen LogP contribution in [0.25, 0.3) is 5.57 Å². The van der Waals surface area contributed by atoms with Gasteiger partial charge in [0.25, 0.3) is 0 Å². The smallest absolute Gasteiger partial charge is 0.0228 e. The van der Waals surface area contributed by atoms with Crippen molar-refractivity contribution in [3.8, 4) is 0 Å². The Morgan fingerprint density at radius 1 is 1.08 bits per heavy atom. The van der Waals surface area contributed by atoms with Crippen molar-refractivity contribution < 1.29 is 0 Å². The lowest BCUT2D eigenvalue weighted by Crippen LogP contribution is -1.84. The van der Waals surface area contributed by atoms with Gasteiger partial charge >= 0.3 is 0 Å². The molecule has 0 fully saturated rings. The largest absolute Gasteiger partial charge is 0.0701 e. The summed E-state index contributed by atoms with van der Waals surface area (Å²) in [6.45, 7) is 8.72. The first-order valence-corrected chi connectivity index (χ1v) is 4.88. The number of allylic oxidation sites excluding steroid dienone is 2. The quantitative estimate of drug-likeness (QED) is 0.630. The van der Waals surface area contributed by atoms with E-state index in [1.807, 2.05) is 0 Å². The van der Waals surface area contributed by atoms with Crippen molar-refractivity contribution in [1.82, 2.24) is 0 Å². The third-order valence-corrected chi connectivity index (χ3v) is 2.66. The van der Waals surface area contributed by atoms with Gasteiger partial charge in [-0.1, -0.05) is 42.3 Å². The Kier molecular flexibility index (Phi) is 3.30. The molecule has 70 valence electrons. The monoisotopic (exact) mass is 174 g/mol. The highest BCUT2D eigenvalue weighted by Crippen LogP contribution is 2.19. The maximum absolute atomic E-state index is 2.20. The number of aryl methyl sites for hydroxylation is 1. The molecule has 0 nitrogen and oxygen atoms in total. The van der Waals surface area contributed by atoms with Gasteiger partial charge in [0.15, 0.2) is 0 Å². The molecular weight excluding hydrogens is 156 g/mol. The highest BCUT2D eigenvalue weighted by molar-refractivity contribution is 5.66. The van der Waals surface area contributed by atoms with Crippen molar-refractivity contribution in [1.29, 1.82) is 0 Å². The molecule has 0 aliphatic rings. The van der Waals surface area contributed by atoms with Crippen LogP contribution in [-0.4, -0.2) is 0 Å². The molecule has 0 atom stereocenters. The van der Waals surface area contributed by atoms with Gasteiger partial charge in [-0.05, 0) is 38.3 Å². The third-order valence-electron chi connectivity index (χ3n) is 2.66. The van der Waals surface area contributed by atoms with E-state index in [1.54, 1.807) is 0 Å². The second-order valence-corrected chi connectivity index (χ2v) is 3.62. The molecule has 0 saturated carbocycles. The Bertz CT molecular complexity index is 301. The molecule has 0 radical (unpaired) electrons. The van der Waals surface area contributed by atoms with Crippen molar-refractivity contribution >= 4 is 5.57 Å². The van der Waals surface area contributed by atoms with Gasteiger partial charge in [0.2, 0.25) is 0 Å². The summed E-state index contributed by atoms with van der Waals surface area (Å²) in [5.74, 6) is 0. The molecule has 0 heterocycles. The van der Waals surface area contributed by atoms with Crippen LogP contribution in [0.2, 0.25) is 0 Å². The SMILES string of the molecule is CC/C(C)=C(/C)c1ccc(C)cc1. The zero-order chi connectivity index (χ0) is 9.84. The summed E-state index contributed by atoms with van der Waals surface area (Å²) in [6.07, 6.45) is 1.14. The van der Waals surface area contributed by atoms with E-state index in [0.717, 1.165) is 6.42 Å². The molecule has 0 amide bonds. The average molecular weight is 174 g/mol. The number of hydrogen-bond donors (Lipinski definition) is 0. The molecule has 1 aromatic carbocycles. The van der Waals surface area contributed by atoms with E-state index in [1.165, 1.54) is 22.3 Å². The molecule has 0 aliphatic heterocycles. The highest BCUT2D eigenvalue weighted by Gasteiger charge is 1.97. The molecule has 13 heavy (non-hydrogen) atoms. The van der Waals surface area contributed by atoms with Crippen LogP contribution in [0.5, 0.6) is 0 Å². The molecular formula is C13H18. The van der Waals surface area contributed by atoms with Gasteiger partial charge < -0.3 is 0 Å². The minimum atomic E-state index is 1.14. The lowest BCUT2D eigenvalue weighted by molar-refractivity contribution is 1.10. The first-order valence-electron chi connectivity index (χ1n) is 4.88. The van der Waals surface area contributed by atoms with Gasteiger partial charge in [0.05, 0.1) is 0 Å². The summed E-state index contributed by atoms with van der Waals surface area (Å²) in [5.41, 5.74) is 5.57. The van der Waals surface area contributed by atoms with E-state index >= 15 is 0 Å². The predicted octanol–water partition coefficient (Wildman–Crippen LogP) is 4.20. The summed E-state index contributed by atoms with van der Waals surface area (Å²) in [4.78, 5) is 0. The van der Waals surface area contributed by atoms with Crippen LogP contribution < -0.4 is 0 Å². The second-order valence-electron chi connectivity index (χ2n) is 3.62. The normalized spacial score (nSPS) is 12.6. The fraction of sp³-hybridized carbons (Fsp3) is 0.385. The van der Waals surface area contributed by atoms with Crippen molar-refractivity contribution in [2.45, 2.75) is 34.1 Å². The molecule has 0 bridgehead atoms. The Labute approximate surface area is 81.3 Å². The van der Waals surface area contributed by atoms with Crippen LogP contribution in [0.15, 0.2) is 29.8 Å². The van der Waals surface area contributed by atoms with Crippen molar-refractivity contribution in [2.24, 2.45) is 0 Å². The minimum Gasteiger partial charge on any atom is -0.0701 e. The maximum atomic E-state index is 2.20. The zero-order valence-electron chi connectivity index (χ0n) is 9.02. The molecule has 0 aromatic heterocycles. The third kappa shape index (κ3) is 2.45.